The fraction of sp³-hybridized carbons (Fsp3) is 0.304. The molecule has 0 atom stereocenters. The predicted molar refractivity (Wildman–Crippen MR) is 115 cm³/mol. The third-order valence-corrected chi connectivity index (χ3v) is 6.45. The molecule has 4 nitrogen and oxygen atoms in total. The van der Waals surface area contributed by atoms with Crippen molar-refractivity contribution in [3.05, 3.63) is 64.6 Å². The monoisotopic (exact) mass is 446 g/mol. The van der Waals surface area contributed by atoms with Gasteiger partial charge in [-0.05, 0) is 55.2 Å². The van der Waals surface area contributed by atoms with Crippen molar-refractivity contribution in [3.63, 3.8) is 0 Å². The van der Waals surface area contributed by atoms with E-state index in [1.165, 1.54) is 28.8 Å². The van der Waals surface area contributed by atoms with Crippen molar-refractivity contribution in [3.8, 4) is 0 Å². The Morgan fingerprint density at radius 3 is 2.35 bits per heavy atom. The fourth-order valence-corrected chi connectivity index (χ4v) is 4.78. The Hall–Kier alpha value is -2.74. The number of anilines is 1. The minimum atomic E-state index is -4.41. The van der Waals surface area contributed by atoms with Gasteiger partial charge < -0.3 is 4.90 Å². The van der Waals surface area contributed by atoms with E-state index in [9.17, 15) is 22.8 Å². The Balaban J connectivity index is 1.61. The Morgan fingerprint density at radius 1 is 1.00 bits per heavy atom. The molecule has 4 rings (SSSR count). The highest BCUT2D eigenvalue weighted by molar-refractivity contribution is 8.04. The number of hydrogen-bond donors (Lipinski definition) is 0. The van der Waals surface area contributed by atoms with Crippen LogP contribution in [0.5, 0.6) is 0 Å². The summed E-state index contributed by atoms with van der Waals surface area (Å²) in [6, 6.07) is 12.0. The zero-order chi connectivity index (χ0) is 22.0. The lowest BCUT2D eigenvalue weighted by Gasteiger charge is -2.33. The van der Waals surface area contributed by atoms with Crippen molar-refractivity contribution in [1.29, 1.82) is 0 Å². The van der Waals surface area contributed by atoms with Gasteiger partial charge in [0, 0.05) is 18.0 Å². The molecule has 31 heavy (non-hydrogen) atoms. The van der Waals surface area contributed by atoms with Crippen LogP contribution in [0.1, 0.15) is 30.4 Å². The normalized spacial score (nSPS) is 18.3. The molecule has 2 aliphatic rings. The third-order valence-electron chi connectivity index (χ3n) is 5.37. The van der Waals surface area contributed by atoms with Crippen LogP contribution >= 0.6 is 11.8 Å². The molecule has 2 aliphatic heterocycles. The SMILES string of the molecule is O=C(CN1C(=O)/C(=C\c2ccc(C(F)(F)F)cc2)Sc2ccccc21)N1CCCCC1. The molecule has 0 radical (unpaired) electrons. The van der Waals surface area contributed by atoms with Gasteiger partial charge in [-0.2, -0.15) is 13.2 Å². The van der Waals surface area contributed by atoms with Crippen LogP contribution in [0.2, 0.25) is 0 Å². The molecule has 8 heteroatoms. The maximum Gasteiger partial charge on any atom is 0.416 e. The number of benzene rings is 2. The van der Waals surface area contributed by atoms with Crippen LogP contribution in [-0.2, 0) is 15.8 Å². The summed E-state index contributed by atoms with van der Waals surface area (Å²) in [7, 11) is 0. The number of rotatable bonds is 3. The molecule has 0 spiro atoms. The van der Waals surface area contributed by atoms with Crippen molar-refractivity contribution in [2.45, 2.75) is 30.3 Å². The van der Waals surface area contributed by atoms with E-state index >= 15 is 0 Å². The van der Waals surface area contributed by atoms with Crippen LogP contribution < -0.4 is 4.90 Å². The van der Waals surface area contributed by atoms with E-state index in [2.05, 4.69) is 0 Å². The van der Waals surface area contributed by atoms with Gasteiger partial charge in [-0.25, -0.2) is 0 Å². The number of carbonyl (C=O) groups is 2. The smallest absolute Gasteiger partial charge is 0.341 e. The van der Waals surface area contributed by atoms with Gasteiger partial charge in [0.1, 0.15) is 6.54 Å². The lowest BCUT2D eigenvalue weighted by Crippen LogP contribution is -2.46. The van der Waals surface area contributed by atoms with Crippen LogP contribution in [0, 0.1) is 0 Å². The minimum absolute atomic E-state index is 0.0548. The number of hydrogen-bond acceptors (Lipinski definition) is 3. The summed E-state index contributed by atoms with van der Waals surface area (Å²) in [6.07, 6.45) is 0.190. The molecule has 2 amide bonds. The first-order valence-corrected chi connectivity index (χ1v) is 10.9. The van der Waals surface area contributed by atoms with E-state index in [1.54, 1.807) is 17.0 Å². The van der Waals surface area contributed by atoms with E-state index in [0.29, 0.717) is 29.2 Å². The van der Waals surface area contributed by atoms with E-state index in [1.807, 2.05) is 18.2 Å². The van der Waals surface area contributed by atoms with Crippen molar-refractivity contribution in [1.82, 2.24) is 4.90 Å². The summed E-state index contributed by atoms with van der Waals surface area (Å²) >= 11 is 1.26. The second kappa shape index (κ2) is 8.78. The van der Waals surface area contributed by atoms with Gasteiger partial charge in [0.2, 0.25) is 5.91 Å². The van der Waals surface area contributed by atoms with Crippen molar-refractivity contribution in [2.24, 2.45) is 0 Å². The van der Waals surface area contributed by atoms with Crippen LogP contribution in [0.25, 0.3) is 6.08 Å². The summed E-state index contributed by atoms with van der Waals surface area (Å²) in [5, 5.41) is 0. The zero-order valence-corrected chi connectivity index (χ0v) is 17.5. The van der Waals surface area contributed by atoms with Crippen molar-refractivity contribution in [2.75, 3.05) is 24.5 Å². The number of amides is 2. The van der Waals surface area contributed by atoms with Crippen LogP contribution in [0.3, 0.4) is 0 Å². The Bertz CT molecular complexity index is 1010. The number of piperidine rings is 1. The number of halogens is 3. The highest BCUT2D eigenvalue weighted by Crippen LogP contribution is 2.42. The number of nitrogens with zero attached hydrogens (tertiary/aromatic N) is 2. The average molecular weight is 446 g/mol. The molecule has 0 aromatic heterocycles. The Labute approximate surface area is 182 Å². The molecule has 1 saturated heterocycles. The van der Waals surface area contributed by atoms with Gasteiger partial charge in [-0.3, -0.25) is 14.5 Å². The molecule has 0 unspecified atom stereocenters. The summed E-state index contributed by atoms with van der Waals surface area (Å²) in [5.41, 5.74) is 0.425. The maximum absolute atomic E-state index is 13.2. The summed E-state index contributed by atoms with van der Waals surface area (Å²) in [6.45, 7) is 1.35. The molecule has 0 saturated carbocycles. The molecular weight excluding hydrogens is 425 g/mol. The molecule has 2 aromatic carbocycles. The zero-order valence-electron chi connectivity index (χ0n) is 16.7. The number of fused-ring (bicyclic) bond motifs is 1. The van der Waals surface area contributed by atoms with Crippen LogP contribution in [0.15, 0.2) is 58.3 Å². The quantitative estimate of drug-likeness (QED) is 0.609. The predicted octanol–water partition coefficient (Wildman–Crippen LogP) is 5.20. The van der Waals surface area contributed by atoms with Gasteiger partial charge in [0.05, 0.1) is 16.2 Å². The second-order valence-electron chi connectivity index (χ2n) is 7.53. The van der Waals surface area contributed by atoms with Gasteiger partial charge in [0.15, 0.2) is 0 Å². The second-order valence-corrected chi connectivity index (χ2v) is 8.61. The summed E-state index contributed by atoms with van der Waals surface area (Å²) in [5.74, 6) is -0.419. The largest absolute Gasteiger partial charge is 0.416 e. The van der Waals surface area contributed by atoms with Crippen molar-refractivity contribution < 1.29 is 22.8 Å². The first-order valence-electron chi connectivity index (χ1n) is 10.1. The van der Waals surface area contributed by atoms with Gasteiger partial charge in [-0.1, -0.05) is 36.0 Å². The van der Waals surface area contributed by atoms with E-state index in [4.69, 9.17) is 0 Å². The molecule has 162 valence electrons. The lowest BCUT2D eigenvalue weighted by atomic mass is 10.1. The number of carbonyl (C=O) groups excluding carboxylic acids is 2. The Kier molecular flexibility index (Phi) is 6.09. The molecule has 2 aromatic rings. The molecule has 1 fully saturated rings. The fourth-order valence-electron chi connectivity index (χ4n) is 3.72. The standard InChI is InChI=1S/C23H21F3N2O2S/c24-23(25,26)17-10-8-16(9-11-17)14-20-22(30)28(18-6-2-3-7-19(18)31-20)15-21(29)27-12-4-1-5-13-27/h2-3,6-11,14H,1,4-5,12-13,15H2/b20-14+. The van der Waals surface area contributed by atoms with Crippen molar-refractivity contribution >= 4 is 35.3 Å². The first-order chi connectivity index (χ1) is 14.8. The first kappa shape index (κ1) is 21.5. The van der Waals surface area contributed by atoms with Gasteiger partial charge >= 0.3 is 6.18 Å². The van der Waals surface area contributed by atoms with E-state index in [0.717, 1.165) is 36.3 Å². The van der Waals surface area contributed by atoms with Gasteiger partial charge in [0.25, 0.3) is 5.91 Å². The third kappa shape index (κ3) is 4.79. The molecular formula is C23H21F3N2O2S. The average Bonchev–Trinajstić information content (AvgIpc) is 2.77. The van der Waals surface area contributed by atoms with Gasteiger partial charge in [-0.15, -0.1) is 0 Å². The maximum atomic E-state index is 13.2. The molecule has 2 heterocycles. The van der Waals surface area contributed by atoms with Crippen LogP contribution in [-0.4, -0.2) is 36.3 Å². The summed E-state index contributed by atoms with van der Waals surface area (Å²) < 4.78 is 38.4. The molecule has 0 aliphatic carbocycles. The number of thioether (sulfide) groups is 1. The number of para-hydroxylation sites is 1. The number of alkyl halides is 3. The highest BCUT2D eigenvalue weighted by Gasteiger charge is 2.32. The summed E-state index contributed by atoms with van der Waals surface area (Å²) in [4.78, 5) is 30.5. The molecule has 0 N–H and O–H groups in total. The number of likely N-dealkylation sites (tertiary alicyclic amines) is 1. The molecule has 0 bridgehead atoms. The lowest BCUT2D eigenvalue weighted by molar-refractivity contribution is -0.137. The van der Waals surface area contributed by atoms with Crippen LogP contribution in [0.4, 0.5) is 18.9 Å². The minimum Gasteiger partial charge on any atom is -0.341 e. The topological polar surface area (TPSA) is 40.6 Å². The van der Waals surface area contributed by atoms with E-state index < -0.39 is 11.7 Å². The highest BCUT2D eigenvalue weighted by atomic mass is 32.2. The van der Waals surface area contributed by atoms with E-state index in [-0.39, 0.29) is 18.4 Å². The Morgan fingerprint density at radius 2 is 1.68 bits per heavy atom.